The summed E-state index contributed by atoms with van der Waals surface area (Å²) < 4.78 is 33.9. The summed E-state index contributed by atoms with van der Waals surface area (Å²) in [6.45, 7) is 1.38. The summed E-state index contributed by atoms with van der Waals surface area (Å²) in [4.78, 5) is 2.15. The van der Waals surface area contributed by atoms with Crippen LogP contribution in [0.15, 0.2) is 66.7 Å². The van der Waals surface area contributed by atoms with Gasteiger partial charge in [0.1, 0.15) is 17.2 Å². The van der Waals surface area contributed by atoms with Crippen molar-refractivity contribution in [1.29, 1.82) is 0 Å². The molecule has 4 heteroatoms. The van der Waals surface area contributed by atoms with Gasteiger partial charge in [-0.2, -0.15) is 0 Å². The van der Waals surface area contributed by atoms with E-state index in [9.17, 15) is 8.78 Å². The molecule has 0 radical (unpaired) electrons. The molecule has 0 aliphatic carbocycles. The molecule has 1 unspecified atom stereocenters. The van der Waals surface area contributed by atoms with Crippen molar-refractivity contribution in [3.05, 3.63) is 95.1 Å². The predicted octanol–water partition coefficient (Wildman–Crippen LogP) is 5.75. The summed E-state index contributed by atoms with van der Waals surface area (Å²) in [5, 5.41) is 0. The van der Waals surface area contributed by atoms with Crippen LogP contribution in [0.25, 0.3) is 11.1 Å². The van der Waals surface area contributed by atoms with Crippen molar-refractivity contribution in [2.45, 2.75) is 25.0 Å². The quantitative estimate of drug-likeness (QED) is 0.529. The Morgan fingerprint density at radius 1 is 0.931 bits per heavy atom. The minimum absolute atomic E-state index is 0.255. The first-order chi connectivity index (χ1) is 14.0. The first-order valence-corrected chi connectivity index (χ1v) is 9.93. The molecule has 1 aliphatic heterocycles. The van der Waals surface area contributed by atoms with Crippen LogP contribution >= 0.6 is 0 Å². The maximum atomic E-state index is 13.8. The van der Waals surface area contributed by atoms with Crippen LogP contribution in [0.1, 0.15) is 29.5 Å². The van der Waals surface area contributed by atoms with E-state index in [-0.39, 0.29) is 11.6 Å². The largest absolute Gasteiger partial charge is 0.361 e. The Morgan fingerprint density at radius 3 is 2.41 bits per heavy atom. The number of benzene rings is 3. The molecule has 150 valence electrons. The van der Waals surface area contributed by atoms with Gasteiger partial charge < -0.3 is 9.64 Å². The minimum atomic E-state index is -0.623. The van der Waals surface area contributed by atoms with Crippen molar-refractivity contribution in [2.75, 3.05) is 20.6 Å². The van der Waals surface area contributed by atoms with Crippen molar-refractivity contribution in [2.24, 2.45) is 0 Å². The molecule has 0 aromatic heterocycles. The molecule has 0 spiro atoms. The molecule has 0 fully saturated rings. The number of rotatable bonds is 6. The van der Waals surface area contributed by atoms with Crippen LogP contribution in [-0.4, -0.2) is 25.5 Å². The number of nitrogens with zero attached hydrogens (tertiary/aromatic N) is 1. The Bertz CT molecular complexity index is 1000. The lowest BCUT2D eigenvalue weighted by atomic mass is 9.80. The zero-order valence-electron chi connectivity index (χ0n) is 16.8. The topological polar surface area (TPSA) is 12.5 Å². The fourth-order valence-corrected chi connectivity index (χ4v) is 4.27. The number of fused-ring (bicyclic) bond motifs is 1. The molecule has 0 saturated heterocycles. The zero-order chi connectivity index (χ0) is 20.4. The third kappa shape index (κ3) is 3.83. The molecule has 1 heterocycles. The summed E-state index contributed by atoms with van der Waals surface area (Å²) >= 11 is 0. The SMILES string of the molecule is CN(C)CCCC1(c2ccc(F)cc2)OCc2c(-c3cccc(F)c3)cccc21. The standard InChI is InChI=1S/C25H25F2NO/c1-28(2)15-5-14-25(19-10-12-20(26)13-11-19)24-9-4-8-22(23(24)17-29-25)18-6-3-7-21(27)16-18/h3-4,6-13,16H,5,14-15,17H2,1-2H3. The number of halogens is 2. The fraction of sp³-hybridized carbons (Fsp3) is 0.280. The van der Waals surface area contributed by atoms with E-state index in [1.54, 1.807) is 12.1 Å². The van der Waals surface area contributed by atoms with Gasteiger partial charge in [-0.3, -0.25) is 0 Å². The summed E-state index contributed by atoms with van der Waals surface area (Å²) in [6.07, 6.45) is 1.73. The number of ether oxygens (including phenoxy) is 1. The molecule has 0 saturated carbocycles. The second-order valence-corrected chi connectivity index (χ2v) is 7.87. The second-order valence-electron chi connectivity index (χ2n) is 7.87. The summed E-state index contributed by atoms with van der Waals surface area (Å²) in [5.74, 6) is -0.515. The van der Waals surface area contributed by atoms with Crippen molar-refractivity contribution >= 4 is 0 Å². The van der Waals surface area contributed by atoms with E-state index in [4.69, 9.17) is 4.74 Å². The maximum absolute atomic E-state index is 13.8. The Morgan fingerprint density at radius 2 is 1.69 bits per heavy atom. The summed E-state index contributed by atoms with van der Waals surface area (Å²) in [6, 6.07) is 19.4. The van der Waals surface area contributed by atoms with Gasteiger partial charge in [0.2, 0.25) is 0 Å². The van der Waals surface area contributed by atoms with Crippen LogP contribution in [-0.2, 0) is 16.9 Å². The van der Waals surface area contributed by atoms with Gasteiger partial charge in [-0.05, 0) is 85.6 Å². The second kappa shape index (κ2) is 8.05. The molecular weight excluding hydrogens is 368 g/mol. The van der Waals surface area contributed by atoms with Gasteiger partial charge in [-0.25, -0.2) is 8.78 Å². The van der Waals surface area contributed by atoms with Gasteiger partial charge >= 0.3 is 0 Å². The van der Waals surface area contributed by atoms with Crippen LogP contribution in [0.4, 0.5) is 8.78 Å². The van der Waals surface area contributed by atoms with E-state index in [2.05, 4.69) is 25.1 Å². The highest BCUT2D eigenvalue weighted by molar-refractivity contribution is 5.70. The molecular formula is C25H25F2NO. The van der Waals surface area contributed by atoms with E-state index >= 15 is 0 Å². The van der Waals surface area contributed by atoms with E-state index in [1.165, 1.54) is 18.2 Å². The molecule has 1 atom stereocenters. The lowest BCUT2D eigenvalue weighted by molar-refractivity contribution is -0.0139. The highest BCUT2D eigenvalue weighted by Crippen LogP contribution is 2.48. The Hall–Kier alpha value is -2.56. The molecule has 0 bridgehead atoms. The van der Waals surface area contributed by atoms with E-state index in [0.29, 0.717) is 6.61 Å². The van der Waals surface area contributed by atoms with E-state index in [1.807, 2.05) is 30.3 Å². The van der Waals surface area contributed by atoms with Crippen molar-refractivity contribution in [1.82, 2.24) is 4.90 Å². The highest BCUT2D eigenvalue weighted by atomic mass is 19.1. The molecule has 1 aliphatic rings. The van der Waals surface area contributed by atoms with Gasteiger partial charge in [-0.1, -0.05) is 42.5 Å². The van der Waals surface area contributed by atoms with Crippen LogP contribution < -0.4 is 0 Å². The van der Waals surface area contributed by atoms with Gasteiger partial charge in [0.25, 0.3) is 0 Å². The zero-order valence-corrected chi connectivity index (χ0v) is 16.8. The molecule has 3 aromatic carbocycles. The smallest absolute Gasteiger partial charge is 0.123 e. The summed E-state index contributed by atoms with van der Waals surface area (Å²) in [7, 11) is 4.10. The third-order valence-electron chi connectivity index (χ3n) is 5.65. The van der Waals surface area contributed by atoms with Gasteiger partial charge in [-0.15, -0.1) is 0 Å². The molecule has 29 heavy (non-hydrogen) atoms. The van der Waals surface area contributed by atoms with Crippen molar-refractivity contribution in [3.8, 4) is 11.1 Å². The first kappa shape index (κ1) is 19.7. The normalized spacial score (nSPS) is 18.2. The predicted molar refractivity (Wildman–Crippen MR) is 112 cm³/mol. The Labute approximate surface area is 170 Å². The molecule has 2 nitrogen and oxygen atoms in total. The van der Waals surface area contributed by atoms with E-state index < -0.39 is 5.60 Å². The fourth-order valence-electron chi connectivity index (χ4n) is 4.27. The minimum Gasteiger partial charge on any atom is -0.361 e. The van der Waals surface area contributed by atoms with Gasteiger partial charge in [0.15, 0.2) is 0 Å². The van der Waals surface area contributed by atoms with E-state index in [0.717, 1.165) is 47.2 Å². The summed E-state index contributed by atoms with van der Waals surface area (Å²) in [5.41, 5.74) is 4.32. The maximum Gasteiger partial charge on any atom is 0.123 e. The molecule has 3 aromatic rings. The van der Waals surface area contributed by atoms with Crippen LogP contribution in [0, 0.1) is 11.6 Å². The third-order valence-corrected chi connectivity index (χ3v) is 5.65. The molecule has 4 rings (SSSR count). The van der Waals surface area contributed by atoms with Crippen LogP contribution in [0.5, 0.6) is 0 Å². The Balaban J connectivity index is 1.81. The van der Waals surface area contributed by atoms with Crippen LogP contribution in [0.2, 0.25) is 0 Å². The first-order valence-electron chi connectivity index (χ1n) is 9.93. The van der Waals surface area contributed by atoms with Crippen LogP contribution in [0.3, 0.4) is 0 Å². The van der Waals surface area contributed by atoms with Crippen molar-refractivity contribution < 1.29 is 13.5 Å². The molecule has 0 amide bonds. The monoisotopic (exact) mass is 393 g/mol. The number of hydrogen-bond acceptors (Lipinski definition) is 2. The highest BCUT2D eigenvalue weighted by Gasteiger charge is 2.42. The Kier molecular flexibility index (Phi) is 5.48. The lowest BCUT2D eigenvalue weighted by Gasteiger charge is -2.31. The van der Waals surface area contributed by atoms with Gasteiger partial charge in [0, 0.05) is 0 Å². The average Bonchev–Trinajstić information content (AvgIpc) is 3.08. The average molecular weight is 393 g/mol. The molecule has 0 N–H and O–H groups in total. The van der Waals surface area contributed by atoms with Gasteiger partial charge in [0.05, 0.1) is 6.61 Å². The number of hydrogen-bond donors (Lipinski definition) is 0. The lowest BCUT2D eigenvalue weighted by Crippen LogP contribution is -2.28. The van der Waals surface area contributed by atoms with Crippen molar-refractivity contribution in [3.63, 3.8) is 0 Å².